The molecule has 8 nitrogen and oxygen atoms in total. The van der Waals surface area contributed by atoms with Crippen molar-refractivity contribution >= 4 is 43.8 Å². The largest absolute Gasteiger partial charge is 0.487 e. The van der Waals surface area contributed by atoms with Gasteiger partial charge in [0.05, 0.1) is 28.3 Å². The normalized spacial score (nSPS) is 13.0. The van der Waals surface area contributed by atoms with Crippen LogP contribution in [0.2, 0.25) is 5.02 Å². The van der Waals surface area contributed by atoms with E-state index in [0.29, 0.717) is 47.0 Å². The molecule has 0 saturated heterocycles. The fraction of sp³-hybridized carbons (Fsp3) is 0.172. The Morgan fingerprint density at radius 3 is 2.83 bits per heavy atom. The van der Waals surface area contributed by atoms with Gasteiger partial charge in [0.25, 0.3) is 0 Å². The van der Waals surface area contributed by atoms with E-state index in [0.717, 1.165) is 5.56 Å². The Balaban J connectivity index is 1.31. The molecule has 0 atom stereocenters. The highest BCUT2D eigenvalue weighted by Crippen LogP contribution is 2.32. The van der Waals surface area contributed by atoms with E-state index in [1.807, 2.05) is 30.3 Å². The van der Waals surface area contributed by atoms with E-state index in [-0.39, 0.29) is 28.7 Å². The van der Waals surface area contributed by atoms with E-state index in [2.05, 4.69) is 20.6 Å². The Bertz CT molecular complexity index is 1950. The van der Waals surface area contributed by atoms with E-state index in [1.54, 1.807) is 18.2 Å². The molecule has 0 saturated carbocycles. The average Bonchev–Trinajstić information content (AvgIpc) is 3.47. The van der Waals surface area contributed by atoms with Gasteiger partial charge in [-0.15, -0.1) is 0 Å². The number of nitrogens with one attached hydrogen (secondary N) is 2. The topological polar surface area (TPSA) is 106 Å². The summed E-state index contributed by atoms with van der Waals surface area (Å²) in [6, 6.07) is 11.6. The van der Waals surface area contributed by atoms with Crippen molar-refractivity contribution in [2.45, 2.75) is 13.2 Å². The van der Waals surface area contributed by atoms with Crippen LogP contribution in [0.3, 0.4) is 0 Å². The minimum atomic E-state index is -3.05. The van der Waals surface area contributed by atoms with Crippen LogP contribution in [0.4, 0.5) is 15.9 Å². The summed E-state index contributed by atoms with van der Waals surface area (Å²) in [5.41, 5.74) is 1.89. The van der Waals surface area contributed by atoms with Crippen LogP contribution in [-0.4, -0.2) is 36.9 Å². The number of sulfone groups is 1. The van der Waals surface area contributed by atoms with Crippen LogP contribution >= 0.6 is 11.6 Å². The van der Waals surface area contributed by atoms with Gasteiger partial charge in [0.1, 0.15) is 51.7 Å². The molecule has 0 spiro atoms. The van der Waals surface area contributed by atoms with Gasteiger partial charge in [-0.25, -0.2) is 22.8 Å². The number of aromatic nitrogens is 2. The number of benzene rings is 3. The Kier molecular flexibility index (Phi) is 6.86. The average molecular weight is 585 g/mol. The predicted octanol–water partition coefficient (Wildman–Crippen LogP) is 6.14. The first kappa shape index (κ1) is 22.8. The van der Waals surface area contributed by atoms with Gasteiger partial charge in [0.2, 0.25) is 0 Å². The Hall–Kier alpha value is -3.99. The van der Waals surface area contributed by atoms with Crippen LogP contribution < -0.4 is 15.4 Å². The van der Waals surface area contributed by atoms with Crippen LogP contribution in [0.25, 0.3) is 22.2 Å². The molecule has 0 amide bonds. The summed E-state index contributed by atoms with van der Waals surface area (Å²) in [7, 11) is -3.05. The first-order valence-corrected chi connectivity index (χ1v) is 14.5. The molecule has 2 heterocycles. The van der Waals surface area contributed by atoms with E-state index in [9.17, 15) is 12.8 Å². The molecule has 0 aliphatic carbocycles. The monoisotopic (exact) mass is 584 g/mol. The van der Waals surface area contributed by atoms with Crippen molar-refractivity contribution in [1.29, 1.82) is 0 Å². The summed E-state index contributed by atoms with van der Waals surface area (Å²) in [5.74, 6) is 0.854. The number of rotatable bonds is 11. The standard InChI is InChI=1S/C29H26ClFN4O4S/c1-40(36,37)12-11-32-16-23-7-10-27(39-23)20-5-8-26-24(14-20)29(34-18-33-26)35-22-6-9-28(25(30)15-22)38-17-19-3-2-4-21(31)13-19/h2-10,13-15,18,32H,11-12,16-17H2,1H3,(H,33,34,35)/i2D,3D,4D,13D. The van der Waals surface area contributed by atoms with Crippen LogP contribution in [0.5, 0.6) is 5.75 Å². The molecule has 0 radical (unpaired) electrons. The highest BCUT2D eigenvalue weighted by atomic mass is 35.5. The summed E-state index contributed by atoms with van der Waals surface area (Å²) >= 11 is 6.44. The first-order chi connectivity index (χ1) is 20.9. The van der Waals surface area contributed by atoms with Crippen molar-refractivity contribution < 1.29 is 27.4 Å². The zero-order valence-corrected chi connectivity index (χ0v) is 22.8. The number of furan rings is 1. The van der Waals surface area contributed by atoms with Crippen molar-refractivity contribution in [2.24, 2.45) is 0 Å². The Labute approximate surface area is 241 Å². The van der Waals surface area contributed by atoms with E-state index in [1.165, 1.54) is 12.6 Å². The van der Waals surface area contributed by atoms with Crippen LogP contribution in [-0.2, 0) is 23.0 Å². The highest BCUT2D eigenvalue weighted by Gasteiger charge is 2.11. The summed E-state index contributed by atoms with van der Waals surface area (Å²) < 4.78 is 79.5. The van der Waals surface area contributed by atoms with E-state index in [4.69, 9.17) is 26.2 Å². The van der Waals surface area contributed by atoms with Gasteiger partial charge in [-0.2, -0.15) is 0 Å². The Morgan fingerprint density at radius 2 is 2.00 bits per heavy atom. The van der Waals surface area contributed by atoms with Crippen LogP contribution in [0, 0.1) is 5.82 Å². The number of halogens is 2. The minimum Gasteiger partial charge on any atom is -0.487 e. The lowest BCUT2D eigenvalue weighted by Crippen LogP contribution is -2.21. The number of ether oxygens (including phenoxy) is 1. The SMILES string of the molecule is [2H]c1c([2H])c(F)c([2H])c(COc2ccc(Nc3ncnc4ccc(-c5ccc(CNCCS(C)(=O)=O)o5)cc34)cc2Cl)c1[2H]. The molecule has 2 N–H and O–H groups in total. The lowest BCUT2D eigenvalue weighted by molar-refractivity contribution is 0.306. The van der Waals surface area contributed by atoms with Crippen LogP contribution in [0.1, 0.15) is 16.8 Å². The molecule has 5 aromatic rings. The van der Waals surface area contributed by atoms with Gasteiger partial charge in [-0.3, -0.25) is 0 Å². The number of hydrogen-bond donors (Lipinski definition) is 2. The molecule has 206 valence electrons. The molecule has 5 rings (SSSR count). The summed E-state index contributed by atoms with van der Waals surface area (Å²) in [5, 5.41) is 7.19. The summed E-state index contributed by atoms with van der Waals surface area (Å²) in [4.78, 5) is 8.73. The van der Waals surface area contributed by atoms with Crippen molar-refractivity contribution in [2.75, 3.05) is 23.9 Å². The second kappa shape index (κ2) is 12.0. The van der Waals surface area contributed by atoms with Gasteiger partial charge < -0.3 is 19.8 Å². The molecule has 0 fully saturated rings. The molecule has 0 bridgehead atoms. The minimum absolute atomic E-state index is 0.0398. The Morgan fingerprint density at radius 1 is 1.12 bits per heavy atom. The van der Waals surface area contributed by atoms with Gasteiger partial charge in [-0.05, 0) is 66.2 Å². The van der Waals surface area contributed by atoms with Gasteiger partial charge in [0, 0.05) is 29.4 Å². The van der Waals surface area contributed by atoms with Gasteiger partial charge >= 0.3 is 0 Å². The highest BCUT2D eigenvalue weighted by molar-refractivity contribution is 7.90. The first-order valence-electron chi connectivity index (χ1n) is 14.1. The molecule has 2 aromatic heterocycles. The molecule has 0 aliphatic rings. The molecule has 3 aromatic carbocycles. The second-order valence-electron chi connectivity index (χ2n) is 8.88. The molecule has 11 heteroatoms. The molecular weight excluding hydrogens is 555 g/mol. The third-order valence-electron chi connectivity index (χ3n) is 5.74. The maximum atomic E-state index is 14.1. The van der Waals surface area contributed by atoms with E-state index >= 15 is 0 Å². The molecule has 0 aliphatic heterocycles. The van der Waals surface area contributed by atoms with Crippen molar-refractivity contribution in [3.05, 3.63) is 101 Å². The second-order valence-corrected chi connectivity index (χ2v) is 11.5. The third-order valence-corrected chi connectivity index (χ3v) is 6.98. The van der Waals surface area contributed by atoms with Crippen molar-refractivity contribution in [1.82, 2.24) is 15.3 Å². The summed E-state index contributed by atoms with van der Waals surface area (Å²) in [6.07, 6.45) is 2.62. The predicted molar refractivity (Wildman–Crippen MR) is 154 cm³/mol. The summed E-state index contributed by atoms with van der Waals surface area (Å²) in [6.45, 7) is 0.325. The van der Waals surface area contributed by atoms with Gasteiger partial charge in [-0.1, -0.05) is 23.7 Å². The van der Waals surface area contributed by atoms with Crippen molar-refractivity contribution in [3.8, 4) is 17.1 Å². The van der Waals surface area contributed by atoms with Crippen molar-refractivity contribution in [3.63, 3.8) is 0 Å². The van der Waals surface area contributed by atoms with Crippen LogP contribution in [0.15, 0.2) is 83.4 Å². The number of hydrogen-bond acceptors (Lipinski definition) is 8. The lowest BCUT2D eigenvalue weighted by Gasteiger charge is -2.12. The maximum Gasteiger partial charge on any atom is 0.148 e. The number of anilines is 2. The lowest BCUT2D eigenvalue weighted by atomic mass is 10.1. The van der Waals surface area contributed by atoms with E-state index < -0.39 is 39.8 Å². The zero-order valence-electron chi connectivity index (χ0n) is 25.2. The molecule has 40 heavy (non-hydrogen) atoms. The third kappa shape index (κ3) is 7.15. The number of nitrogens with zero attached hydrogens (tertiary/aromatic N) is 2. The molecular formula is C29H26ClFN4O4S. The zero-order chi connectivity index (χ0) is 31.6. The molecule has 0 unspecified atom stereocenters. The quantitative estimate of drug-likeness (QED) is 0.178. The smallest absolute Gasteiger partial charge is 0.148 e. The van der Waals surface area contributed by atoms with Gasteiger partial charge in [0.15, 0.2) is 0 Å². The fourth-order valence-electron chi connectivity index (χ4n) is 3.82. The number of fused-ring (bicyclic) bond motifs is 1. The fourth-order valence-corrected chi connectivity index (χ4v) is 4.57. The maximum absolute atomic E-state index is 14.1.